The third kappa shape index (κ3) is 8.19. The van der Waals surface area contributed by atoms with E-state index >= 15 is 0 Å². The van der Waals surface area contributed by atoms with Crippen LogP contribution in [0.5, 0.6) is 0 Å². The Morgan fingerprint density at radius 3 is 2.56 bits per heavy atom. The predicted molar refractivity (Wildman–Crippen MR) is 156 cm³/mol. The van der Waals surface area contributed by atoms with Crippen LogP contribution in [0.1, 0.15) is 71.4 Å². The third-order valence-electron chi connectivity index (χ3n) is 7.40. The van der Waals surface area contributed by atoms with Gasteiger partial charge in [-0.05, 0) is 64.9 Å². The van der Waals surface area contributed by atoms with E-state index in [4.69, 9.17) is 9.47 Å². The molecule has 0 aliphatic carbocycles. The monoisotopic (exact) mass is 573 g/mol. The lowest BCUT2D eigenvalue weighted by Crippen LogP contribution is -2.60. The lowest BCUT2D eigenvalue weighted by Gasteiger charge is -2.43. The number of hydrogen-bond acceptors (Lipinski definition) is 8. The molecule has 3 rings (SSSR count). The van der Waals surface area contributed by atoms with Crippen LogP contribution in [0.25, 0.3) is 0 Å². The van der Waals surface area contributed by atoms with Crippen molar-refractivity contribution in [2.45, 2.75) is 84.4 Å². The fourth-order valence-corrected chi connectivity index (χ4v) is 5.53. The number of unbranched alkanes of at least 4 members (excludes halogenated alkanes) is 1. The number of nitrogens with zero attached hydrogens (tertiary/aromatic N) is 3. The van der Waals surface area contributed by atoms with Crippen LogP contribution in [0.3, 0.4) is 0 Å². The number of carbonyl (C=O) groups excluding carboxylic acids is 2. The Hall–Kier alpha value is -3.18. The molecule has 0 aromatic heterocycles. The van der Waals surface area contributed by atoms with Gasteiger partial charge in [0.2, 0.25) is 0 Å². The first-order chi connectivity index (χ1) is 19.3. The SMILES string of the molecule is COCCCCC1(c2cccc(C)c2)NNN=C1C(=O)N(CC(C)C)[C@H]1C[C@@H](C(=O)O)CN(C(=O)OC(C)(C)C)C1. The maximum atomic E-state index is 14.5. The van der Waals surface area contributed by atoms with E-state index in [1.807, 2.05) is 39.0 Å². The van der Waals surface area contributed by atoms with Crippen molar-refractivity contribution in [1.29, 1.82) is 0 Å². The summed E-state index contributed by atoms with van der Waals surface area (Å²) in [6.07, 6.45) is 1.84. The zero-order chi connectivity index (χ0) is 30.4. The minimum atomic E-state index is -1.01. The number of ether oxygens (including phenoxy) is 2. The summed E-state index contributed by atoms with van der Waals surface area (Å²) in [7, 11) is 1.67. The highest BCUT2D eigenvalue weighted by Gasteiger charge is 2.48. The number of hydrogen-bond donors (Lipinski definition) is 3. The third-order valence-corrected chi connectivity index (χ3v) is 7.40. The summed E-state index contributed by atoms with van der Waals surface area (Å²) in [5.41, 5.74) is 6.84. The quantitative estimate of drug-likeness (QED) is 0.342. The summed E-state index contributed by atoms with van der Waals surface area (Å²) in [5, 5.41) is 14.4. The molecule has 11 nitrogen and oxygen atoms in total. The number of amides is 2. The number of aryl methyl sites for hydroxylation is 1. The normalized spacial score (nSPS) is 22.7. The van der Waals surface area contributed by atoms with Gasteiger partial charge in [0.15, 0.2) is 5.71 Å². The molecule has 11 heteroatoms. The maximum Gasteiger partial charge on any atom is 0.410 e. The summed E-state index contributed by atoms with van der Waals surface area (Å²) in [5.74, 6) is -2.03. The molecule has 3 N–H and O–H groups in total. The molecule has 41 heavy (non-hydrogen) atoms. The second-order valence-corrected chi connectivity index (χ2v) is 12.6. The van der Waals surface area contributed by atoms with Gasteiger partial charge in [0, 0.05) is 33.4 Å². The van der Waals surface area contributed by atoms with Crippen LogP contribution >= 0.6 is 0 Å². The lowest BCUT2D eigenvalue weighted by atomic mass is 9.80. The largest absolute Gasteiger partial charge is 0.481 e. The number of carboxylic acid groups (broad SMARTS) is 1. The molecule has 1 aromatic carbocycles. The molecule has 0 radical (unpaired) electrons. The molecular weight excluding hydrogens is 526 g/mol. The van der Waals surface area contributed by atoms with E-state index in [1.165, 1.54) is 4.90 Å². The van der Waals surface area contributed by atoms with Crippen LogP contribution in [0.15, 0.2) is 29.4 Å². The van der Waals surface area contributed by atoms with E-state index in [0.717, 1.165) is 24.0 Å². The number of benzene rings is 1. The first-order valence-electron chi connectivity index (χ1n) is 14.5. The Morgan fingerprint density at radius 2 is 1.95 bits per heavy atom. The molecule has 2 heterocycles. The van der Waals surface area contributed by atoms with E-state index in [9.17, 15) is 19.5 Å². The number of likely N-dealkylation sites (tertiary alicyclic amines) is 1. The molecule has 1 aromatic rings. The highest BCUT2D eigenvalue weighted by molar-refractivity contribution is 6.42. The van der Waals surface area contributed by atoms with Crippen LogP contribution in [0, 0.1) is 18.8 Å². The molecule has 1 unspecified atom stereocenters. The summed E-state index contributed by atoms with van der Waals surface area (Å²) in [6.45, 7) is 12.5. The predicted octanol–water partition coefficient (Wildman–Crippen LogP) is 3.67. The molecule has 2 amide bonds. The average molecular weight is 574 g/mol. The Bertz CT molecular complexity index is 1120. The van der Waals surface area contributed by atoms with Crippen molar-refractivity contribution < 1.29 is 29.0 Å². The van der Waals surface area contributed by atoms with E-state index in [2.05, 4.69) is 22.1 Å². The van der Waals surface area contributed by atoms with Crippen LogP contribution in [-0.4, -0.2) is 83.6 Å². The highest BCUT2D eigenvalue weighted by Crippen LogP contribution is 2.34. The van der Waals surface area contributed by atoms with E-state index in [1.54, 1.807) is 32.8 Å². The Kier molecular flexibility index (Phi) is 10.8. The van der Waals surface area contributed by atoms with E-state index in [-0.39, 0.29) is 31.3 Å². The van der Waals surface area contributed by atoms with Gasteiger partial charge < -0.3 is 24.4 Å². The number of carboxylic acids is 1. The molecule has 0 spiro atoms. The minimum Gasteiger partial charge on any atom is -0.481 e. The van der Waals surface area contributed by atoms with Gasteiger partial charge >= 0.3 is 12.1 Å². The average Bonchev–Trinajstić information content (AvgIpc) is 3.33. The highest BCUT2D eigenvalue weighted by atomic mass is 16.6. The summed E-state index contributed by atoms with van der Waals surface area (Å²) in [6, 6.07) is 7.49. The Morgan fingerprint density at radius 1 is 1.22 bits per heavy atom. The van der Waals surface area contributed by atoms with Crippen LogP contribution in [-0.2, 0) is 24.6 Å². The van der Waals surface area contributed by atoms with Gasteiger partial charge in [0.1, 0.15) is 11.1 Å². The van der Waals surface area contributed by atoms with Crippen molar-refractivity contribution >= 4 is 23.7 Å². The Balaban J connectivity index is 1.99. The van der Waals surface area contributed by atoms with Gasteiger partial charge in [-0.1, -0.05) is 43.7 Å². The van der Waals surface area contributed by atoms with E-state index in [0.29, 0.717) is 25.3 Å². The number of nitrogens with one attached hydrogen (secondary N) is 2. The topological polar surface area (TPSA) is 133 Å². The number of rotatable bonds is 11. The molecule has 228 valence electrons. The molecular formula is C30H47N5O6. The van der Waals surface area contributed by atoms with Crippen molar-refractivity contribution in [2.75, 3.05) is 33.4 Å². The molecule has 0 bridgehead atoms. The standard InChI is InChI=1S/C30H47N5O6/c1-20(2)17-35(24-16-22(27(37)38)18-34(19-24)28(39)41-29(4,5)6)26(36)25-30(32-33-31-25,13-8-9-14-40-7)23-12-10-11-21(3)15-23/h10-12,15,20,22,24,32-33H,8-9,13-14,16-19H2,1-7H3,(H,37,38)/t22-,24+,30?/m1/s1. The van der Waals surface area contributed by atoms with Crippen molar-refractivity contribution in [2.24, 2.45) is 16.9 Å². The van der Waals surface area contributed by atoms with Crippen LogP contribution in [0.2, 0.25) is 0 Å². The number of methoxy groups -OCH3 is 1. The second kappa shape index (κ2) is 13.7. The number of hydrazone groups is 1. The first kappa shape index (κ1) is 32.3. The fourth-order valence-electron chi connectivity index (χ4n) is 5.53. The summed E-state index contributed by atoms with van der Waals surface area (Å²) < 4.78 is 10.8. The molecule has 2 aliphatic rings. The minimum absolute atomic E-state index is 0.0290. The fraction of sp³-hybridized carbons (Fsp3) is 0.667. The van der Waals surface area contributed by atoms with Crippen LogP contribution < -0.4 is 11.0 Å². The van der Waals surface area contributed by atoms with Gasteiger partial charge in [-0.2, -0.15) is 5.10 Å². The molecule has 2 aliphatic heterocycles. The second-order valence-electron chi connectivity index (χ2n) is 12.6. The molecule has 1 saturated heterocycles. The van der Waals surface area contributed by atoms with Gasteiger partial charge in [0.05, 0.1) is 12.0 Å². The van der Waals surface area contributed by atoms with Gasteiger partial charge in [-0.25, -0.2) is 15.8 Å². The Labute approximate surface area is 243 Å². The van der Waals surface area contributed by atoms with Gasteiger partial charge in [-0.15, -0.1) is 0 Å². The van der Waals surface area contributed by atoms with Crippen molar-refractivity contribution in [3.05, 3.63) is 35.4 Å². The van der Waals surface area contributed by atoms with Crippen LogP contribution in [0.4, 0.5) is 4.79 Å². The zero-order valence-corrected chi connectivity index (χ0v) is 25.5. The van der Waals surface area contributed by atoms with Gasteiger partial charge in [-0.3, -0.25) is 9.59 Å². The zero-order valence-electron chi connectivity index (χ0n) is 25.5. The van der Waals surface area contributed by atoms with Crippen molar-refractivity contribution in [3.63, 3.8) is 0 Å². The number of piperidine rings is 1. The molecule has 1 fully saturated rings. The smallest absolute Gasteiger partial charge is 0.410 e. The number of aliphatic carboxylic acids is 1. The summed E-state index contributed by atoms with van der Waals surface area (Å²) >= 11 is 0. The van der Waals surface area contributed by atoms with Crippen molar-refractivity contribution in [1.82, 2.24) is 20.8 Å². The van der Waals surface area contributed by atoms with E-state index < -0.39 is 35.2 Å². The molecule has 3 atom stereocenters. The lowest BCUT2D eigenvalue weighted by molar-refractivity contribution is -0.146. The molecule has 0 saturated carbocycles. The van der Waals surface area contributed by atoms with Crippen molar-refractivity contribution in [3.8, 4) is 0 Å². The first-order valence-corrected chi connectivity index (χ1v) is 14.5. The number of hydrazine groups is 1. The van der Waals surface area contributed by atoms with Gasteiger partial charge in [0.25, 0.3) is 5.91 Å². The maximum absolute atomic E-state index is 14.5. The number of carbonyl (C=O) groups is 3. The summed E-state index contributed by atoms with van der Waals surface area (Å²) in [4.78, 5) is 42.9.